The first-order valence-electron chi connectivity index (χ1n) is 7.80. The molecule has 0 unspecified atom stereocenters. The number of barbiturate groups is 1. The number of aryl methyl sites for hydroxylation is 1. The number of carbonyl (C=O) groups excluding carboxylic acids is 3. The molecular weight excluding hydrogens is 454 g/mol. The number of nitrogens with one attached hydrogen (secondary N) is 1. The summed E-state index contributed by atoms with van der Waals surface area (Å²) in [6, 6.07) is 7.81. The first-order valence-corrected chi connectivity index (χ1v) is 8.97. The van der Waals surface area contributed by atoms with E-state index in [1.165, 1.54) is 18.2 Å². The van der Waals surface area contributed by atoms with Crippen molar-refractivity contribution in [2.45, 2.75) is 6.92 Å². The van der Waals surface area contributed by atoms with Crippen molar-refractivity contribution in [3.63, 3.8) is 0 Å². The van der Waals surface area contributed by atoms with Crippen LogP contribution in [0.25, 0.3) is 6.08 Å². The van der Waals surface area contributed by atoms with Crippen LogP contribution >= 0.6 is 27.5 Å². The summed E-state index contributed by atoms with van der Waals surface area (Å²) < 4.78 is 0.793. The van der Waals surface area contributed by atoms with E-state index in [4.69, 9.17) is 11.6 Å². The summed E-state index contributed by atoms with van der Waals surface area (Å²) in [6.45, 7) is 1.79. The fourth-order valence-electron chi connectivity index (χ4n) is 2.59. The van der Waals surface area contributed by atoms with Crippen LogP contribution in [0.2, 0.25) is 5.02 Å². The normalized spacial score (nSPS) is 15.8. The molecule has 0 atom stereocenters. The maximum Gasteiger partial charge on any atom is 0.335 e. The van der Waals surface area contributed by atoms with Gasteiger partial charge in [0, 0.05) is 10.5 Å². The predicted octanol–water partition coefficient (Wildman–Crippen LogP) is 3.99. The minimum atomic E-state index is -0.891. The van der Waals surface area contributed by atoms with Gasteiger partial charge in [-0.05, 0) is 48.4 Å². The van der Waals surface area contributed by atoms with E-state index in [9.17, 15) is 24.5 Å². The molecule has 10 heteroatoms. The maximum absolute atomic E-state index is 12.8. The molecule has 28 heavy (non-hydrogen) atoms. The Bertz CT molecular complexity index is 1080. The summed E-state index contributed by atoms with van der Waals surface area (Å²) >= 11 is 9.11. The van der Waals surface area contributed by atoms with Crippen molar-refractivity contribution in [2.24, 2.45) is 0 Å². The van der Waals surface area contributed by atoms with Gasteiger partial charge in [0.05, 0.1) is 10.6 Å². The molecule has 0 radical (unpaired) electrons. The quantitative estimate of drug-likeness (QED) is 0.320. The topological polar surface area (TPSA) is 110 Å². The average Bonchev–Trinajstić information content (AvgIpc) is 2.62. The molecule has 0 saturated carbocycles. The van der Waals surface area contributed by atoms with E-state index in [-0.39, 0.29) is 27.5 Å². The lowest BCUT2D eigenvalue weighted by Crippen LogP contribution is -2.54. The minimum Gasteiger partial charge on any atom is -0.273 e. The predicted molar refractivity (Wildman–Crippen MR) is 106 cm³/mol. The highest BCUT2D eigenvalue weighted by molar-refractivity contribution is 9.10. The number of hydrogen-bond acceptors (Lipinski definition) is 5. The zero-order chi connectivity index (χ0) is 20.6. The largest absolute Gasteiger partial charge is 0.335 e. The highest BCUT2D eigenvalue weighted by Crippen LogP contribution is 2.28. The van der Waals surface area contributed by atoms with Crippen molar-refractivity contribution < 1.29 is 19.3 Å². The Morgan fingerprint density at radius 3 is 2.54 bits per heavy atom. The van der Waals surface area contributed by atoms with Crippen LogP contribution in [0, 0.1) is 17.0 Å². The lowest BCUT2D eigenvalue weighted by Gasteiger charge is -2.26. The average molecular weight is 465 g/mol. The number of benzene rings is 2. The Morgan fingerprint density at radius 1 is 1.18 bits per heavy atom. The minimum absolute atomic E-state index is 0.0753. The molecule has 8 nitrogen and oxygen atoms in total. The zero-order valence-corrected chi connectivity index (χ0v) is 16.6. The Kier molecular flexibility index (Phi) is 5.30. The third-order valence-corrected chi connectivity index (χ3v) is 5.19. The van der Waals surface area contributed by atoms with E-state index in [0.29, 0.717) is 0 Å². The molecule has 2 aromatic carbocycles. The molecule has 0 aromatic heterocycles. The maximum atomic E-state index is 12.8. The molecule has 1 heterocycles. The van der Waals surface area contributed by atoms with Gasteiger partial charge < -0.3 is 0 Å². The summed E-state index contributed by atoms with van der Waals surface area (Å²) in [4.78, 5) is 48.4. The highest BCUT2D eigenvalue weighted by Gasteiger charge is 2.37. The molecule has 1 N–H and O–H groups in total. The van der Waals surface area contributed by atoms with Crippen molar-refractivity contribution in [1.82, 2.24) is 5.32 Å². The molecule has 1 fully saturated rings. The molecule has 1 aliphatic heterocycles. The molecule has 4 amide bonds. The van der Waals surface area contributed by atoms with Crippen LogP contribution in [0.15, 0.2) is 46.4 Å². The first-order chi connectivity index (χ1) is 13.2. The van der Waals surface area contributed by atoms with E-state index in [1.54, 1.807) is 25.1 Å². The van der Waals surface area contributed by atoms with Crippen molar-refractivity contribution in [1.29, 1.82) is 0 Å². The third kappa shape index (κ3) is 3.67. The number of nitro groups is 1. The Labute approximate surface area is 172 Å². The number of urea groups is 1. The third-order valence-electron chi connectivity index (χ3n) is 3.98. The number of imide groups is 2. The van der Waals surface area contributed by atoms with Crippen LogP contribution in [-0.2, 0) is 9.59 Å². The standard InChI is InChI=1S/C18H11BrClN3O5/c1-9-6-11(3-4-13(9)19)22-17(25)12(16(24)21-18(22)26)7-10-2-5-14(20)15(8-10)23(27)28/h2-8H,1H3,(H,21,24,26)/b12-7+. The molecule has 3 rings (SSSR count). The first kappa shape index (κ1) is 19.7. The van der Waals surface area contributed by atoms with Gasteiger partial charge in [0.15, 0.2) is 0 Å². The van der Waals surface area contributed by atoms with Crippen molar-refractivity contribution in [3.8, 4) is 0 Å². The summed E-state index contributed by atoms with van der Waals surface area (Å²) in [5, 5.41) is 13.1. The van der Waals surface area contributed by atoms with E-state index < -0.39 is 22.8 Å². The Balaban J connectivity index is 2.05. The summed E-state index contributed by atoms with van der Waals surface area (Å²) in [5.74, 6) is -1.73. The fourth-order valence-corrected chi connectivity index (χ4v) is 3.02. The van der Waals surface area contributed by atoms with Gasteiger partial charge >= 0.3 is 6.03 Å². The Morgan fingerprint density at radius 2 is 1.89 bits per heavy atom. The number of rotatable bonds is 3. The molecule has 2 aromatic rings. The van der Waals surface area contributed by atoms with Gasteiger partial charge in [-0.25, -0.2) is 9.69 Å². The van der Waals surface area contributed by atoms with Gasteiger partial charge in [-0.1, -0.05) is 33.6 Å². The number of hydrogen-bond donors (Lipinski definition) is 1. The summed E-state index contributed by atoms with van der Waals surface area (Å²) in [6.07, 6.45) is 1.17. The van der Waals surface area contributed by atoms with E-state index in [1.807, 2.05) is 0 Å². The van der Waals surface area contributed by atoms with Crippen LogP contribution in [0.3, 0.4) is 0 Å². The molecule has 1 saturated heterocycles. The van der Waals surface area contributed by atoms with Crippen LogP contribution in [0.5, 0.6) is 0 Å². The number of nitrogens with zero attached hydrogens (tertiary/aromatic N) is 2. The second-order valence-electron chi connectivity index (χ2n) is 5.86. The van der Waals surface area contributed by atoms with Gasteiger partial charge in [0.25, 0.3) is 17.5 Å². The SMILES string of the molecule is Cc1cc(N2C(=O)NC(=O)/C(=C\c3ccc(Cl)c([N+](=O)[O-])c3)C2=O)ccc1Br. The van der Waals surface area contributed by atoms with E-state index in [2.05, 4.69) is 21.2 Å². The number of anilines is 1. The van der Waals surface area contributed by atoms with Gasteiger partial charge in [-0.15, -0.1) is 0 Å². The Hall–Kier alpha value is -3.04. The van der Waals surface area contributed by atoms with Crippen molar-refractivity contribution in [2.75, 3.05) is 4.90 Å². The van der Waals surface area contributed by atoms with Crippen molar-refractivity contribution in [3.05, 3.63) is 72.7 Å². The van der Waals surface area contributed by atoms with Gasteiger partial charge in [-0.2, -0.15) is 0 Å². The molecule has 0 bridgehead atoms. The van der Waals surface area contributed by atoms with E-state index >= 15 is 0 Å². The van der Waals surface area contributed by atoms with Crippen LogP contribution < -0.4 is 10.2 Å². The number of nitro benzene ring substituents is 1. The van der Waals surface area contributed by atoms with Crippen molar-refractivity contribution >= 4 is 62.8 Å². The van der Waals surface area contributed by atoms with E-state index in [0.717, 1.165) is 21.0 Å². The lowest BCUT2D eigenvalue weighted by molar-refractivity contribution is -0.384. The summed E-state index contributed by atoms with van der Waals surface area (Å²) in [7, 11) is 0. The smallest absolute Gasteiger partial charge is 0.273 e. The monoisotopic (exact) mass is 463 g/mol. The number of amides is 4. The van der Waals surface area contributed by atoms with Gasteiger partial charge in [0.2, 0.25) is 0 Å². The molecule has 1 aliphatic rings. The fraction of sp³-hybridized carbons (Fsp3) is 0.0556. The second-order valence-corrected chi connectivity index (χ2v) is 7.12. The molecule has 0 spiro atoms. The summed E-state index contributed by atoms with van der Waals surface area (Å²) in [5.41, 5.74) is 0.585. The lowest BCUT2D eigenvalue weighted by atomic mass is 10.1. The van der Waals surface area contributed by atoms with Crippen LogP contribution in [0.1, 0.15) is 11.1 Å². The highest BCUT2D eigenvalue weighted by atomic mass is 79.9. The second kappa shape index (κ2) is 7.53. The molecular formula is C18H11BrClN3O5. The number of carbonyl (C=O) groups is 3. The number of halogens is 2. The molecule has 142 valence electrons. The van der Waals surface area contributed by atoms with Crippen LogP contribution in [0.4, 0.5) is 16.2 Å². The molecule has 0 aliphatic carbocycles. The van der Waals surface area contributed by atoms with Gasteiger partial charge in [0.1, 0.15) is 10.6 Å². The van der Waals surface area contributed by atoms with Crippen LogP contribution in [-0.4, -0.2) is 22.8 Å². The zero-order valence-electron chi connectivity index (χ0n) is 14.2. The van der Waals surface area contributed by atoms with Gasteiger partial charge in [-0.3, -0.25) is 25.0 Å².